The Morgan fingerprint density at radius 2 is 2.20 bits per heavy atom. The molecule has 5 nitrogen and oxygen atoms in total. The van der Waals surface area contributed by atoms with Gasteiger partial charge in [0.25, 0.3) is 5.91 Å². The van der Waals surface area contributed by atoms with Crippen molar-refractivity contribution < 1.29 is 18.3 Å². The van der Waals surface area contributed by atoms with Gasteiger partial charge in [0.15, 0.2) is 11.6 Å². The number of likely N-dealkylation sites (tertiary alicyclic amines) is 1. The molecule has 0 unspecified atom stereocenters. The molecule has 20 heavy (non-hydrogen) atoms. The topological polar surface area (TPSA) is 65.4 Å². The van der Waals surface area contributed by atoms with Gasteiger partial charge < -0.3 is 10.1 Å². The minimum absolute atomic E-state index is 0.0792. The molecular weight excluding hydrogens is 268 g/mol. The van der Waals surface area contributed by atoms with E-state index >= 15 is 0 Å². The number of benzene rings is 1. The first-order valence-electron chi connectivity index (χ1n) is 6.04. The number of hydrogen-bond acceptors (Lipinski definition) is 4. The Morgan fingerprint density at radius 1 is 1.50 bits per heavy atom. The van der Waals surface area contributed by atoms with E-state index in [4.69, 9.17) is 10.00 Å². The molecule has 1 aromatic carbocycles. The van der Waals surface area contributed by atoms with Crippen LogP contribution in [-0.4, -0.2) is 36.0 Å². The van der Waals surface area contributed by atoms with E-state index in [1.807, 2.05) is 0 Å². The number of nitriles is 1. The lowest BCUT2D eigenvalue weighted by Gasteiger charge is -2.34. The molecule has 2 heterocycles. The maximum Gasteiger partial charge on any atom is 0.270 e. The summed E-state index contributed by atoms with van der Waals surface area (Å²) in [7, 11) is 1.71. The Bertz CT molecular complexity index is 643. The van der Waals surface area contributed by atoms with Gasteiger partial charge in [-0.1, -0.05) is 0 Å². The molecule has 7 heteroatoms. The van der Waals surface area contributed by atoms with Crippen LogP contribution in [0.25, 0.3) is 0 Å². The summed E-state index contributed by atoms with van der Waals surface area (Å²) in [5.74, 6) is -2.46. The van der Waals surface area contributed by atoms with Gasteiger partial charge in [-0.25, -0.2) is 8.78 Å². The number of ether oxygens (including phenoxy) is 1. The van der Waals surface area contributed by atoms with Crippen LogP contribution in [0.4, 0.5) is 14.5 Å². The molecule has 0 saturated carbocycles. The molecule has 1 amide bonds. The average molecular weight is 279 g/mol. The number of halogens is 2. The Morgan fingerprint density at radius 3 is 2.85 bits per heavy atom. The molecule has 2 atom stereocenters. The van der Waals surface area contributed by atoms with Crippen LogP contribution in [0.15, 0.2) is 12.1 Å². The van der Waals surface area contributed by atoms with Gasteiger partial charge >= 0.3 is 0 Å². The van der Waals surface area contributed by atoms with Crippen molar-refractivity contribution in [3.63, 3.8) is 0 Å². The fourth-order valence-corrected chi connectivity index (χ4v) is 2.63. The Balaban J connectivity index is 2.00. The van der Waals surface area contributed by atoms with Crippen molar-refractivity contribution in [3.8, 4) is 11.8 Å². The molecule has 0 aromatic heterocycles. The highest BCUT2D eigenvalue weighted by Crippen LogP contribution is 2.40. The van der Waals surface area contributed by atoms with Gasteiger partial charge in [-0.2, -0.15) is 5.26 Å². The highest BCUT2D eigenvalue weighted by molar-refractivity contribution is 6.01. The maximum absolute atomic E-state index is 13.3. The fraction of sp³-hybridized carbons (Fsp3) is 0.385. The van der Waals surface area contributed by atoms with E-state index in [9.17, 15) is 13.6 Å². The van der Waals surface area contributed by atoms with Crippen molar-refractivity contribution in [1.29, 1.82) is 5.26 Å². The predicted molar refractivity (Wildman–Crippen MR) is 65.0 cm³/mol. The van der Waals surface area contributed by atoms with Gasteiger partial charge in [0, 0.05) is 25.1 Å². The van der Waals surface area contributed by atoms with Gasteiger partial charge in [-0.3, -0.25) is 9.69 Å². The molecule has 0 aliphatic carbocycles. The summed E-state index contributed by atoms with van der Waals surface area (Å²) in [6, 6.07) is 3.42. The van der Waals surface area contributed by atoms with E-state index in [1.165, 1.54) is 0 Å². The largest absolute Gasteiger partial charge is 0.474 e. The molecule has 3 rings (SSSR count). The molecule has 0 bridgehead atoms. The molecular formula is C13H11F2N3O2. The van der Waals surface area contributed by atoms with Crippen LogP contribution >= 0.6 is 0 Å². The number of carbonyl (C=O) groups is 1. The number of likely N-dealkylation sites (N-methyl/N-ethyl adjacent to an activating group) is 1. The first-order chi connectivity index (χ1) is 9.45. The summed E-state index contributed by atoms with van der Waals surface area (Å²) in [5.41, 5.74) is -1.13. The predicted octanol–water partition coefficient (Wildman–Crippen LogP) is 1.26. The summed E-state index contributed by atoms with van der Waals surface area (Å²) in [6.45, 7) is 0.218. The van der Waals surface area contributed by atoms with Crippen LogP contribution in [0.1, 0.15) is 6.42 Å². The van der Waals surface area contributed by atoms with Crippen LogP contribution in [0, 0.1) is 23.0 Å². The lowest BCUT2D eigenvalue weighted by atomic mass is 9.97. The van der Waals surface area contributed by atoms with Gasteiger partial charge in [0.05, 0.1) is 11.8 Å². The summed E-state index contributed by atoms with van der Waals surface area (Å²) >= 11 is 0. The molecule has 2 aliphatic rings. The van der Waals surface area contributed by atoms with Crippen molar-refractivity contribution in [2.75, 3.05) is 18.9 Å². The first-order valence-corrected chi connectivity index (χ1v) is 6.04. The minimum atomic E-state index is -1.23. The van der Waals surface area contributed by atoms with Crippen molar-refractivity contribution in [2.24, 2.45) is 0 Å². The van der Waals surface area contributed by atoms with Crippen LogP contribution in [-0.2, 0) is 4.79 Å². The monoisotopic (exact) mass is 279 g/mol. The van der Waals surface area contributed by atoms with E-state index < -0.39 is 29.2 Å². The molecule has 1 spiro atoms. The smallest absolute Gasteiger partial charge is 0.270 e. The molecule has 1 N–H and O–H groups in total. The highest BCUT2D eigenvalue weighted by Gasteiger charge is 2.53. The number of anilines is 1. The lowest BCUT2D eigenvalue weighted by molar-refractivity contribution is -0.131. The number of amides is 1. The van der Waals surface area contributed by atoms with E-state index in [2.05, 4.69) is 11.4 Å². The Kier molecular flexibility index (Phi) is 2.66. The summed E-state index contributed by atoms with van der Waals surface area (Å²) in [4.78, 5) is 13.9. The zero-order valence-corrected chi connectivity index (χ0v) is 10.6. The second-order valence-corrected chi connectivity index (χ2v) is 5.08. The lowest BCUT2D eigenvalue weighted by Crippen LogP contribution is -2.52. The van der Waals surface area contributed by atoms with E-state index in [-0.39, 0.29) is 24.4 Å². The molecule has 0 radical (unpaired) electrons. The summed E-state index contributed by atoms with van der Waals surface area (Å²) < 4.78 is 32.0. The van der Waals surface area contributed by atoms with E-state index in [0.717, 1.165) is 12.1 Å². The normalized spacial score (nSPS) is 28.7. The summed E-state index contributed by atoms with van der Waals surface area (Å²) in [5, 5.41) is 11.5. The maximum atomic E-state index is 13.3. The van der Waals surface area contributed by atoms with Crippen molar-refractivity contribution in [1.82, 2.24) is 4.90 Å². The number of hydrogen-bond donors (Lipinski definition) is 1. The molecule has 104 valence electrons. The highest BCUT2D eigenvalue weighted by atomic mass is 19.2. The van der Waals surface area contributed by atoms with Crippen molar-refractivity contribution in [2.45, 2.75) is 18.1 Å². The third-order valence-electron chi connectivity index (χ3n) is 3.70. The van der Waals surface area contributed by atoms with Crippen LogP contribution in [0.5, 0.6) is 5.75 Å². The second kappa shape index (κ2) is 4.15. The van der Waals surface area contributed by atoms with Gasteiger partial charge in [-0.15, -0.1) is 0 Å². The third kappa shape index (κ3) is 1.72. The zero-order chi connectivity index (χ0) is 14.5. The van der Waals surface area contributed by atoms with Gasteiger partial charge in [-0.05, 0) is 7.05 Å². The quantitative estimate of drug-likeness (QED) is 0.776. The molecule has 1 aromatic rings. The number of fused-ring (bicyclic) bond motifs is 1. The number of carbonyl (C=O) groups excluding carboxylic acids is 1. The van der Waals surface area contributed by atoms with E-state index in [0.29, 0.717) is 0 Å². The molecule has 1 saturated heterocycles. The third-order valence-corrected chi connectivity index (χ3v) is 3.70. The Hall–Kier alpha value is -2.20. The van der Waals surface area contributed by atoms with Crippen LogP contribution < -0.4 is 10.1 Å². The first kappa shape index (κ1) is 12.8. The minimum Gasteiger partial charge on any atom is -0.474 e. The standard InChI is InChI=1S/C13H11F2N3O2/c1-18-6-13(4-7(18)5-16)12(19)17-10-2-8(14)9(15)3-11(10)20-13/h2-3,7H,4,6H2,1H3,(H,17,19)/t7-,13+/m0/s1. The van der Waals surface area contributed by atoms with Crippen molar-refractivity contribution in [3.05, 3.63) is 23.8 Å². The average Bonchev–Trinajstić information content (AvgIpc) is 2.71. The number of rotatable bonds is 0. The van der Waals surface area contributed by atoms with Crippen LogP contribution in [0.2, 0.25) is 0 Å². The SMILES string of the molecule is CN1C[C@@]2(C[C@H]1C#N)Oc1cc(F)c(F)cc1NC2=O. The Labute approximate surface area is 113 Å². The zero-order valence-electron chi connectivity index (χ0n) is 10.6. The van der Waals surface area contributed by atoms with E-state index in [1.54, 1.807) is 11.9 Å². The fourth-order valence-electron chi connectivity index (χ4n) is 2.63. The summed E-state index contributed by atoms with van der Waals surface area (Å²) in [6.07, 6.45) is 0.185. The molecule has 1 fully saturated rings. The molecule has 2 aliphatic heterocycles. The second-order valence-electron chi connectivity index (χ2n) is 5.08. The van der Waals surface area contributed by atoms with Crippen LogP contribution in [0.3, 0.4) is 0 Å². The number of nitrogens with one attached hydrogen (secondary N) is 1. The van der Waals surface area contributed by atoms with Gasteiger partial charge in [0.1, 0.15) is 11.8 Å². The van der Waals surface area contributed by atoms with Gasteiger partial charge in [0.2, 0.25) is 5.60 Å². The van der Waals surface area contributed by atoms with Crippen molar-refractivity contribution >= 4 is 11.6 Å². The number of nitrogens with zero attached hydrogens (tertiary/aromatic N) is 2.